The number of hydrogen-bond acceptors (Lipinski definition) is 4. The number of benzene rings is 3. The number of aromatic nitrogens is 2. The summed E-state index contributed by atoms with van der Waals surface area (Å²) in [6.07, 6.45) is 3.04. The Morgan fingerprint density at radius 1 is 0.742 bits per heavy atom. The van der Waals surface area contributed by atoms with Gasteiger partial charge in [0.2, 0.25) is 0 Å². The molecule has 4 rings (SSSR count). The van der Waals surface area contributed by atoms with Crippen molar-refractivity contribution in [3.05, 3.63) is 94.8 Å². The van der Waals surface area contributed by atoms with Crippen LogP contribution in [0.5, 0.6) is 0 Å². The summed E-state index contributed by atoms with van der Waals surface area (Å²) in [5.41, 5.74) is 1.64. The summed E-state index contributed by atoms with van der Waals surface area (Å²) in [6.45, 7) is 0. The minimum atomic E-state index is -0.758. The third kappa shape index (κ3) is 4.81. The van der Waals surface area contributed by atoms with Crippen molar-refractivity contribution in [1.29, 1.82) is 0 Å². The third-order valence-corrected chi connectivity index (χ3v) is 4.49. The van der Waals surface area contributed by atoms with Gasteiger partial charge in [-0.3, -0.25) is 14.8 Å². The Kier molecular flexibility index (Phi) is 5.55. The second kappa shape index (κ2) is 8.45. The molecule has 1 aromatic heterocycles. The number of carbonyl (C=O) groups excluding carboxylic acids is 2. The van der Waals surface area contributed by atoms with Gasteiger partial charge in [-0.2, -0.15) is 0 Å². The van der Waals surface area contributed by atoms with Crippen LogP contribution in [-0.2, 0) is 0 Å². The van der Waals surface area contributed by atoms with Crippen LogP contribution in [0.4, 0.5) is 25.0 Å². The maximum absolute atomic E-state index is 14.1. The summed E-state index contributed by atoms with van der Waals surface area (Å²) < 4.78 is 27.5. The van der Waals surface area contributed by atoms with E-state index in [1.807, 2.05) is 0 Å². The molecule has 0 saturated heterocycles. The van der Waals surface area contributed by atoms with Crippen LogP contribution in [0, 0.1) is 11.6 Å². The van der Waals surface area contributed by atoms with Crippen molar-refractivity contribution in [1.82, 2.24) is 9.97 Å². The summed E-state index contributed by atoms with van der Waals surface area (Å²) in [6, 6.07) is 11.0. The fraction of sp³-hybridized carbons (Fsp3) is 0. The van der Waals surface area contributed by atoms with Gasteiger partial charge in [0.25, 0.3) is 0 Å². The van der Waals surface area contributed by atoms with Crippen LogP contribution in [0.1, 0.15) is 15.9 Å². The van der Waals surface area contributed by atoms with Crippen molar-refractivity contribution in [3.63, 3.8) is 0 Å². The molecule has 0 aliphatic carbocycles. The smallest absolute Gasteiger partial charge is 0.308 e. The van der Waals surface area contributed by atoms with Crippen LogP contribution < -0.4 is 10.6 Å². The fourth-order valence-corrected chi connectivity index (χ4v) is 3.21. The Bertz CT molecular complexity index is 1310. The van der Waals surface area contributed by atoms with Gasteiger partial charge < -0.3 is 10.6 Å². The van der Waals surface area contributed by atoms with Crippen molar-refractivity contribution in [2.45, 2.75) is 0 Å². The number of ketones is 1. The van der Waals surface area contributed by atoms with E-state index in [2.05, 4.69) is 20.6 Å². The van der Waals surface area contributed by atoms with E-state index in [0.717, 1.165) is 24.3 Å². The molecular formula is C22H13ClF2N4O2. The number of amides is 2. The van der Waals surface area contributed by atoms with Crippen LogP contribution >= 0.6 is 11.6 Å². The van der Waals surface area contributed by atoms with E-state index in [1.165, 1.54) is 24.5 Å². The Morgan fingerprint density at radius 2 is 1.39 bits per heavy atom. The van der Waals surface area contributed by atoms with Gasteiger partial charge in [0, 0.05) is 39.9 Å². The van der Waals surface area contributed by atoms with Gasteiger partial charge in [0.05, 0.1) is 11.0 Å². The van der Waals surface area contributed by atoms with E-state index >= 15 is 0 Å². The molecule has 31 heavy (non-hydrogen) atoms. The number of rotatable bonds is 4. The molecule has 2 amide bonds. The first kappa shape index (κ1) is 20.4. The number of urea groups is 1. The van der Waals surface area contributed by atoms with Gasteiger partial charge in [0.1, 0.15) is 11.6 Å². The molecule has 2 N–H and O–H groups in total. The number of nitrogens with zero attached hydrogens (tertiary/aromatic N) is 2. The molecule has 9 heteroatoms. The van der Waals surface area contributed by atoms with E-state index in [4.69, 9.17) is 11.6 Å². The average molecular weight is 439 g/mol. The van der Waals surface area contributed by atoms with Crippen molar-refractivity contribution >= 4 is 45.8 Å². The first-order valence-electron chi connectivity index (χ1n) is 8.97. The van der Waals surface area contributed by atoms with Crippen molar-refractivity contribution in [2.75, 3.05) is 10.6 Å². The Balaban J connectivity index is 1.55. The molecular weight excluding hydrogens is 426 g/mol. The van der Waals surface area contributed by atoms with E-state index in [1.54, 1.807) is 18.2 Å². The molecule has 6 nitrogen and oxygen atoms in total. The highest BCUT2D eigenvalue weighted by Crippen LogP contribution is 2.21. The normalized spacial score (nSPS) is 10.7. The topological polar surface area (TPSA) is 84.0 Å². The second-order valence-electron chi connectivity index (χ2n) is 6.55. The molecule has 1 heterocycles. The lowest BCUT2D eigenvalue weighted by Gasteiger charge is -2.10. The van der Waals surface area contributed by atoms with Crippen molar-refractivity contribution in [2.24, 2.45) is 0 Å². The van der Waals surface area contributed by atoms with Gasteiger partial charge in [-0.05, 0) is 54.6 Å². The summed E-state index contributed by atoms with van der Waals surface area (Å²) in [5, 5.41) is 4.92. The standard InChI is InChI=1S/C22H13ClF2N4O2/c23-14-8-16(25)11-18(9-14)29-22(31)28-17-6-13(5-15(24)10-17)21(30)12-1-2-19-20(7-12)27-4-3-26-19/h1-11H,(H2,28,29,31). The van der Waals surface area contributed by atoms with Gasteiger partial charge in [-0.15, -0.1) is 0 Å². The maximum Gasteiger partial charge on any atom is 0.323 e. The first-order valence-corrected chi connectivity index (χ1v) is 9.35. The molecule has 0 spiro atoms. The summed E-state index contributed by atoms with van der Waals surface area (Å²) >= 11 is 5.76. The van der Waals surface area contributed by atoms with E-state index in [9.17, 15) is 18.4 Å². The Morgan fingerprint density at radius 3 is 2.10 bits per heavy atom. The second-order valence-corrected chi connectivity index (χ2v) is 6.99. The predicted octanol–water partition coefficient (Wildman–Crippen LogP) is 5.44. The quantitative estimate of drug-likeness (QED) is 0.416. The van der Waals surface area contributed by atoms with Gasteiger partial charge in [0.15, 0.2) is 5.78 Å². The maximum atomic E-state index is 14.1. The Labute approximate surface area is 179 Å². The lowest BCUT2D eigenvalue weighted by atomic mass is 10.0. The lowest BCUT2D eigenvalue weighted by Crippen LogP contribution is -2.20. The van der Waals surface area contributed by atoms with Gasteiger partial charge in [-0.1, -0.05) is 11.6 Å². The van der Waals surface area contributed by atoms with E-state index < -0.39 is 23.4 Å². The molecule has 0 saturated carbocycles. The van der Waals surface area contributed by atoms with Crippen LogP contribution in [0.3, 0.4) is 0 Å². The summed E-state index contributed by atoms with van der Waals surface area (Å²) in [5.74, 6) is -1.79. The molecule has 0 unspecified atom stereocenters. The zero-order valence-corrected chi connectivity index (χ0v) is 16.5. The monoisotopic (exact) mass is 438 g/mol. The molecule has 0 aliphatic rings. The number of nitrogens with one attached hydrogen (secondary N) is 2. The molecule has 154 valence electrons. The first-order chi connectivity index (χ1) is 14.9. The van der Waals surface area contributed by atoms with Crippen LogP contribution in [0.25, 0.3) is 11.0 Å². The molecule has 0 bridgehead atoms. The SMILES string of the molecule is O=C(Nc1cc(F)cc(Cl)c1)Nc1cc(F)cc(C(=O)c2ccc3nccnc3c2)c1. The zero-order chi connectivity index (χ0) is 22.0. The Hall–Kier alpha value is -3.91. The minimum absolute atomic E-state index is 0.0346. The molecule has 0 aliphatic heterocycles. The number of anilines is 2. The van der Waals surface area contributed by atoms with Crippen LogP contribution in [0.15, 0.2) is 67.0 Å². The number of fused-ring (bicyclic) bond motifs is 1. The number of carbonyl (C=O) groups is 2. The summed E-state index contributed by atoms with van der Waals surface area (Å²) in [4.78, 5) is 33.3. The molecule has 3 aromatic carbocycles. The van der Waals surface area contributed by atoms with Crippen molar-refractivity contribution in [3.8, 4) is 0 Å². The zero-order valence-electron chi connectivity index (χ0n) is 15.7. The predicted molar refractivity (Wildman–Crippen MR) is 113 cm³/mol. The molecule has 0 fully saturated rings. The average Bonchev–Trinajstić information content (AvgIpc) is 2.71. The third-order valence-electron chi connectivity index (χ3n) is 4.27. The summed E-state index contributed by atoms with van der Waals surface area (Å²) in [7, 11) is 0. The highest BCUT2D eigenvalue weighted by molar-refractivity contribution is 6.31. The van der Waals surface area contributed by atoms with Gasteiger partial charge in [-0.25, -0.2) is 13.6 Å². The largest absolute Gasteiger partial charge is 0.323 e. The fourth-order valence-electron chi connectivity index (χ4n) is 2.98. The van der Waals surface area contributed by atoms with Crippen LogP contribution in [-0.4, -0.2) is 21.8 Å². The van der Waals surface area contributed by atoms with E-state index in [0.29, 0.717) is 16.6 Å². The minimum Gasteiger partial charge on any atom is -0.308 e. The molecule has 4 aromatic rings. The number of hydrogen-bond donors (Lipinski definition) is 2. The highest BCUT2D eigenvalue weighted by atomic mass is 35.5. The molecule has 0 radical (unpaired) electrons. The highest BCUT2D eigenvalue weighted by Gasteiger charge is 2.14. The molecule has 0 atom stereocenters. The van der Waals surface area contributed by atoms with Crippen molar-refractivity contribution < 1.29 is 18.4 Å². The van der Waals surface area contributed by atoms with Gasteiger partial charge >= 0.3 is 6.03 Å². The van der Waals surface area contributed by atoms with Crippen LogP contribution in [0.2, 0.25) is 5.02 Å². The lowest BCUT2D eigenvalue weighted by molar-refractivity contribution is 0.103. The van der Waals surface area contributed by atoms with E-state index in [-0.39, 0.29) is 22.0 Å². The number of halogens is 3.